The predicted octanol–water partition coefficient (Wildman–Crippen LogP) is 1.23. The zero-order valence-corrected chi connectivity index (χ0v) is 16.8. The third-order valence-corrected chi connectivity index (χ3v) is 6.11. The standard InChI is InChI=1S/C20H25N5O4/c1-13-9-16(23-29-13)18(26)25-4-3-20(11-25)12-28-10-15-14(2)21-19(22-17(15)20)24-5-7-27-8-6-24/h9H,3-8,10-12H2,1-2H3. The summed E-state index contributed by atoms with van der Waals surface area (Å²) in [5.74, 6) is 1.28. The normalized spacial score (nSPS) is 24.2. The van der Waals surface area contributed by atoms with Gasteiger partial charge in [0.05, 0.1) is 37.5 Å². The van der Waals surface area contributed by atoms with Gasteiger partial charge in [0, 0.05) is 43.5 Å². The van der Waals surface area contributed by atoms with Crippen LogP contribution in [-0.4, -0.2) is 71.9 Å². The van der Waals surface area contributed by atoms with Crippen molar-refractivity contribution in [2.75, 3.05) is 50.9 Å². The van der Waals surface area contributed by atoms with Gasteiger partial charge in [0.25, 0.3) is 5.91 Å². The van der Waals surface area contributed by atoms with Crippen molar-refractivity contribution in [1.29, 1.82) is 0 Å². The van der Waals surface area contributed by atoms with Crippen molar-refractivity contribution < 1.29 is 18.8 Å². The van der Waals surface area contributed by atoms with E-state index in [0.29, 0.717) is 51.0 Å². The molecule has 154 valence electrons. The Bertz CT molecular complexity index is 939. The van der Waals surface area contributed by atoms with Crippen molar-refractivity contribution in [3.05, 3.63) is 34.5 Å². The number of hydrogen-bond donors (Lipinski definition) is 0. The maximum atomic E-state index is 12.9. The lowest BCUT2D eigenvalue weighted by Gasteiger charge is -2.36. The molecule has 29 heavy (non-hydrogen) atoms. The Morgan fingerprint density at radius 2 is 1.97 bits per heavy atom. The molecule has 2 saturated heterocycles. The number of anilines is 1. The first-order chi connectivity index (χ1) is 14.1. The molecule has 2 aromatic rings. The van der Waals surface area contributed by atoms with E-state index in [0.717, 1.165) is 42.4 Å². The van der Waals surface area contributed by atoms with Crippen LogP contribution in [0, 0.1) is 13.8 Å². The molecule has 0 radical (unpaired) electrons. The average molecular weight is 399 g/mol. The summed E-state index contributed by atoms with van der Waals surface area (Å²) in [5.41, 5.74) is 3.08. The second-order valence-corrected chi connectivity index (χ2v) is 8.11. The third-order valence-electron chi connectivity index (χ3n) is 6.11. The summed E-state index contributed by atoms with van der Waals surface area (Å²) < 4.78 is 16.5. The van der Waals surface area contributed by atoms with Gasteiger partial charge in [-0.1, -0.05) is 5.16 Å². The average Bonchev–Trinajstić information content (AvgIpc) is 3.36. The highest BCUT2D eigenvalue weighted by Gasteiger charge is 2.47. The van der Waals surface area contributed by atoms with Crippen LogP contribution in [0.5, 0.6) is 0 Å². The first-order valence-corrected chi connectivity index (χ1v) is 10.1. The maximum Gasteiger partial charge on any atom is 0.276 e. The first-order valence-electron chi connectivity index (χ1n) is 10.1. The van der Waals surface area contributed by atoms with E-state index in [4.69, 9.17) is 24.0 Å². The fourth-order valence-corrected chi connectivity index (χ4v) is 4.50. The molecule has 9 heteroatoms. The third kappa shape index (κ3) is 3.18. The number of aromatic nitrogens is 3. The zero-order valence-electron chi connectivity index (χ0n) is 16.8. The predicted molar refractivity (Wildman–Crippen MR) is 103 cm³/mol. The highest BCUT2D eigenvalue weighted by Crippen LogP contribution is 2.40. The fraction of sp³-hybridized carbons (Fsp3) is 0.600. The van der Waals surface area contributed by atoms with Crippen molar-refractivity contribution in [1.82, 2.24) is 20.0 Å². The Labute approximate surface area is 169 Å². The van der Waals surface area contributed by atoms with Crippen molar-refractivity contribution in [3.8, 4) is 0 Å². The SMILES string of the molecule is Cc1cc(C(=O)N2CCC3(COCc4c(C)nc(N5CCOCC5)nc43)C2)no1. The van der Waals surface area contributed by atoms with Crippen LogP contribution in [0.25, 0.3) is 0 Å². The number of likely N-dealkylation sites (tertiary alicyclic amines) is 1. The van der Waals surface area contributed by atoms with E-state index < -0.39 is 0 Å². The summed E-state index contributed by atoms with van der Waals surface area (Å²) in [6, 6.07) is 1.68. The molecule has 0 aromatic carbocycles. The number of aryl methyl sites for hydroxylation is 2. The molecule has 0 N–H and O–H groups in total. The molecule has 3 aliphatic rings. The van der Waals surface area contributed by atoms with Crippen LogP contribution in [0.15, 0.2) is 10.6 Å². The number of carbonyl (C=O) groups excluding carboxylic acids is 1. The van der Waals surface area contributed by atoms with Crippen LogP contribution in [0.1, 0.15) is 39.6 Å². The Morgan fingerprint density at radius 3 is 2.72 bits per heavy atom. The van der Waals surface area contributed by atoms with Gasteiger partial charge in [-0.3, -0.25) is 4.79 Å². The van der Waals surface area contributed by atoms with Crippen LogP contribution < -0.4 is 4.90 Å². The molecule has 3 aliphatic heterocycles. The lowest BCUT2D eigenvalue weighted by atomic mass is 9.80. The van der Waals surface area contributed by atoms with Crippen molar-refractivity contribution in [2.45, 2.75) is 32.3 Å². The molecular weight excluding hydrogens is 374 g/mol. The van der Waals surface area contributed by atoms with Crippen LogP contribution >= 0.6 is 0 Å². The van der Waals surface area contributed by atoms with Gasteiger partial charge in [-0.2, -0.15) is 0 Å². The van der Waals surface area contributed by atoms with Gasteiger partial charge in [0.1, 0.15) is 5.76 Å². The van der Waals surface area contributed by atoms with Gasteiger partial charge in [-0.05, 0) is 20.3 Å². The molecule has 1 spiro atoms. The van der Waals surface area contributed by atoms with Gasteiger partial charge in [0.15, 0.2) is 5.69 Å². The van der Waals surface area contributed by atoms with Gasteiger partial charge in [-0.25, -0.2) is 9.97 Å². The fourth-order valence-electron chi connectivity index (χ4n) is 4.50. The van der Waals surface area contributed by atoms with Crippen LogP contribution in [-0.2, 0) is 21.5 Å². The quantitative estimate of drug-likeness (QED) is 0.744. The smallest absolute Gasteiger partial charge is 0.276 e. The van der Waals surface area contributed by atoms with Crippen LogP contribution in [0.2, 0.25) is 0 Å². The zero-order chi connectivity index (χ0) is 20.0. The number of hydrogen-bond acceptors (Lipinski definition) is 8. The van der Waals surface area contributed by atoms with E-state index in [2.05, 4.69) is 10.1 Å². The Balaban J connectivity index is 1.46. The topological polar surface area (TPSA) is 93.8 Å². The van der Waals surface area contributed by atoms with Crippen molar-refractivity contribution in [3.63, 3.8) is 0 Å². The molecule has 5 heterocycles. The molecule has 5 rings (SSSR count). The monoisotopic (exact) mass is 399 g/mol. The molecular formula is C20H25N5O4. The molecule has 0 bridgehead atoms. The molecule has 2 aromatic heterocycles. The molecule has 9 nitrogen and oxygen atoms in total. The number of ether oxygens (including phenoxy) is 2. The number of rotatable bonds is 2. The highest BCUT2D eigenvalue weighted by molar-refractivity contribution is 5.92. The second-order valence-electron chi connectivity index (χ2n) is 8.11. The largest absolute Gasteiger partial charge is 0.378 e. The lowest BCUT2D eigenvalue weighted by Crippen LogP contribution is -2.43. The summed E-state index contributed by atoms with van der Waals surface area (Å²) in [5, 5.41) is 3.89. The minimum atomic E-state index is -0.309. The van der Waals surface area contributed by atoms with Gasteiger partial charge < -0.3 is 23.8 Å². The molecule has 2 fully saturated rings. The number of fused-ring (bicyclic) bond motifs is 2. The lowest BCUT2D eigenvalue weighted by molar-refractivity contribution is 0.0478. The maximum absolute atomic E-state index is 12.9. The van der Waals surface area contributed by atoms with Gasteiger partial charge >= 0.3 is 0 Å². The minimum Gasteiger partial charge on any atom is -0.378 e. The Hall–Kier alpha value is -2.52. The summed E-state index contributed by atoms with van der Waals surface area (Å²) in [6.45, 7) is 9.03. The Kier molecular flexibility index (Phi) is 4.51. The Morgan fingerprint density at radius 1 is 1.14 bits per heavy atom. The first kappa shape index (κ1) is 18.5. The van der Waals surface area contributed by atoms with E-state index >= 15 is 0 Å². The number of nitrogens with zero attached hydrogens (tertiary/aromatic N) is 5. The molecule has 0 saturated carbocycles. The van der Waals surface area contributed by atoms with Crippen molar-refractivity contribution in [2.24, 2.45) is 0 Å². The molecule has 0 aliphatic carbocycles. The molecule has 1 unspecified atom stereocenters. The van der Waals surface area contributed by atoms with Gasteiger partial charge in [-0.15, -0.1) is 0 Å². The summed E-state index contributed by atoms with van der Waals surface area (Å²) in [4.78, 5) is 26.7. The van der Waals surface area contributed by atoms with E-state index in [1.165, 1.54) is 0 Å². The number of carbonyl (C=O) groups is 1. The summed E-state index contributed by atoms with van der Waals surface area (Å²) >= 11 is 0. The highest BCUT2D eigenvalue weighted by atomic mass is 16.5. The molecule has 1 atom stereocenters. The van der Waals surface area contributed by atoms with E-state index in [-0.39, 0.29) is 11.3 Å². The van der Waals surface area contributed by atoms with Crippen LogP contribution in [0.3, 0.4) is 0 Å². The summed E-state index contributed by atoms with van der Waals surface area (Å²) in [7, 11) is 0. The molecule has 1 amide bonds. The van der Waals surface area contributed by atoms with E-state index in [1.807, 2.05) is 11.8 Å². The minimum absolute atomic E-state index is 0.106. The van der Waals surface area contributed by atoms with Gasteiger partial charge in [0.2, 0.25) is 5.95 Å². The van der Waals surface area contributed by atoms with E-state index in [9.17, 15) is 4.79 Å². The second kappa shape index (κ2) is 7.07. The van der Waals surface area contributed by atoms with Crippen LogP contribution in [0.4, 0.5) is 5.95 Å². The van der Waals surface area contributed by atoms with E-state index in [1.54, 1.807) is 13.0 Å². The summed E-state index contributed by atoms with van der Waals surface area (Å²) in [6.07, 6.45) is 0.807. The number of morpholine rings is 1. The number of amides is 1. The van der Waals surface area contributed by atoms with Crippen molar-refractivity contribution >= 4 is 11.9 Å².